The van der Waals surface area contributed by atoms with Gasteiger partial charge in [-0.05, 0) is 18.9 Å². The number of carbonyl (C=O) groups excluding carboxylic acids is 1. The average Bonchev–Trinajstić information content (AvgIpc) is 2.85. The van der Waals surface area contributed by atoms with Gasteiger partial charge in [-0.3, -0.25) is 9.69 Å². The standard InChI is InChI=1S/C7H7NO3S.C4H8O/c9-5-3-6-8(5)4(7(10)11)1-2-12-6;1-2-4-5-3-1/h1,6H,2-3H2,(H,10,11);1-4H2/t6-;/m1./s1. The first-order valence-electron chi connectivity index (χ1n) is 5.65. The van der Waals surface area contributed by atoms with Crippen LogP contribution in [0.5, 0.6) is 0 Å². The Hall–Kier alpha value is -1.01. The van der Waals surface area contributed by atoms with E-state index < -0.39 is 5.97 Å². The summed E-state index contributed by atoms with van der Waals surface area (Å²) in [5, 5.41) is 8.78. The van der Waals surface area contributed by atoms with E-state index in [1.807, 2.05) is 0 Å². The number of rotatable bonds is 1. The molecule has 0 aliphatic carbocycles. The van der Waals surface area contributed by atoms with Crippen LogP contribution in [0.1, 0.15) is 19.3 Å². The van der Waals surface area contributed by atoms with Crippen LogP contribution in [0.3, 0.4) is 0 Å². The second-order valence-electron chi connectivity index (χ2n) is 3.97. The van der Waals surface area contributed by atoms with Gasteiger partial charge in [0.15, 0.2) is 0 Å². The molecule has 2 fully saturated rings. The summed E-state index contributed by atoms with van der Waals surface area (Å²) < 4.78 is 4.94. The van der Waals surface area contributed by atoms with Crippen molar-refractivity contribution in [2.45, 2.75) is 24.6 Å². The van der Waals surface area contributed by atoms with Crippen molar-refractivity contribution in [2.75, 3.05) is 19.0 Å². The van der Waals surface area contributed by atoms with Crippen molar-refractivity contribution in [1.82, 2.24) is 4.90 Å². The molecule has 1 N–H and O–H groups in total. The molecular weight excluding hydrogens is 242 g/mol. The maximum Gasteiger partial charge on any atom is 0.352 e. The number of thioether (sulfide) groups is 1. The van der Waals surface area contributed by atoms with Crippen LogP contribution in [0.4, 0.5) is 0 Å². The Bertz CT molecular complexity index is 344. The van der Waals surface area contributed by atoms with Gasteiger partial charge in [0.1, 0.15) is 5.70 Å². The molecular formula is C11H15NO4S. The Morgan fingerprint density at radius 2 is 2.18 bits per heavy atom. The SMILES string of the molecule is C1CCOC1.O=C(O)C1=CCS[C@@H]2CC(=O)N12. The number of nitrogens with zero attached hydrogens (tertiary/aromatic N) is 1. The number of hydrogen-bond acceptors (Lipinski definition) is 4. The summed E-state index contributed by atoms with van der Waals surface area (Å²) in [5.41, 5.74) is 0.148. The number of carbonyl (C=O) groups is 2. The molecule has 0 radical (unpaired) electrons. The normalized spacial score (nSPS) is 26.4. The minimum absolute atomic E-state index is 0.0774. The van der Waals surface area contributed by atoms with E-state index in [1.165, 1.54) is 17.7 Å². The Morgan fingerprint density at radius 3 is 2.59 bits per heavy atom. The summed E-state index contributed by atoms with van der Waals surface area (Å²) >= 11 is 1.60. The molecule has 3 rings (SSSR count). The highest BCUT2D eigenvalue weighted by molar-refractivity contribution is 8.00. The number of β-lactam (4-membered cyclic amide) rings is 1. The van der Waals surface area contributed by atoms with Crippen LogP contribution in [0.2, 0.25) is 0 Å². The molecule has 1 amide bonds. The molecule has 3 heterocycles. The second kappa shape index (κ2) is 5.55. The molecule has 0 aromatic carbocycles. The zero-order valence-electron chi connectivity index (χ0n) is 9.42. The molecule has 0 spiro atoms. The lowest BCUT2D eigenvalue weighted by Gasteiger charge is -2.42. The fraction of sp³-hybridized carbons (Fsp3) is 0.636. The zero-order chi connectivity index (χ0) is 12.3. The molecule has 3 aliphatic rings. The third-order valence-electron chi connectivity index (χ3n) is 2.78. The van der Waals surface area contributed by atoms with Gasteiger partial charge in [-0.2, -0.15) is 0 Å². The Labute approximate surface area is 104 Å². The molecule has 3 aliphatic heterocycles. The van der Waals surface area contributed by atoms with Crippen LogP contribution < -0.4 is 0 Å². The Balaban J connectivity index is 0.000000181. The largest absolute Gasteiger partial charge is 0.477 e. The van der Waals surface area contributed by atoms with Gasteiger partial charge in [0.2, 0.25) is 5.91 Å². The first-order chi connectivity index (χ1) is 8.20. The van der Waals surface area contributed by atoms with Gasteiger partial charge in [-0.1, -0.05) is 0 Å². The first-order valence-corrected chi connectivity index (χ1v) is 6.70. The van der Waals surface area contributed by atoms with E-state index in [2.05, 4.69) is 0 Å². The smallest absolute Gasteiger partial charge is 0.352 e. The summed E-state index contributed by atoms with van der Waals surface area (Å²) in [6.45, 7) is 2.00. The van der Waals surface area contributed by atoms with E-state index in [-0.39, 0.29) is 17.0 Å². The van der Waals surface area contributed by atoms with Crippen molar-refractivity contribution < 1.29 is 19.4 Å². The van der Waals surface area contributed by atoms with E-state index in [0.717, 1.165) is 13.2 Å². The highest BCUT2D eigenvalue weighted by atomic mass is 32.2. The average molecular weight is 257 g/mol. The van der Waals surface area contributed by atoms with E-state index in [0.29, 0.717) is 12.2 Å². The minimum Gasteiger partial charge on any atom is -0.477 e. The predicted molar refractivity (Wildman–Crippen MR) is 63.5 cm³/mol. The molecule has 1 atom stereocenters. The minimum atomic E-state index is -1.01. The van der Waals surface area contributed by atoms with E-state index in [9.17, 15) is 9.59 Å². The summed E-state index contributed by atoms with van der Waals surface area (Å²) in [6, 6.07) is 0. The van der Waals surface area contributed by atoms with Gasteiger partial charge in [-0.15, -0.1) is 11.8 Å². The van der Waals surface area contributed by atoms with Crippen molar-refractivity contribution in [2.24, 2.45) is 0 Å². The van der Waals surface area contributed by atoms with E-state index >= 15 is 0 Å². The molecule has 94 valence electrons. The number of carboxylic acids is 1. The topological polar surface area (TPSA) is 66.8 Å². The van der Waals surface area contributed by atoms with Crippen LogP contribution in [-0.2, 0) is 14.3 Å². The third kappa shape index (κ3) is 2.81. The van der Waals surface area contributed by atoms with Gasteiger partial charge < -0.3 is 9.84 Å². The number of carboxylic acid groups (broad SMARTS) is 1. The summed E-state index contributed by atoms with van der Waals surface area (Å²) in [4.78, 5) is 23.0. The highest BCUT2D eigenvalue weighted by Gasteiger charge is 2.42. The van der Waals surface area contributed by atoms with Crippen molar-refractivity contribution in [1.29, 1.82) is 0 Å². The number of amides is 1. The lowest BCUT2D eigenvalue weighted by Crippen LogP contribution is -2.52. The van der Waals surface area contributed by atoms with Crippen molar-refractivity contribution in [3.63, 3.8) is 0 Å². The van der Waals surface area contributed by atoms with Crippen LogP contribution in [0, 0.1) is 0 Å². The molecule has 5 nitrogen and oxygen atoms in total. The highest BCUT2D eigenvalue weighted by Crippen LogP contribution is 2.36. The molecule has 0 bridgehead atoms. The van der Waals surface area contributed by atoms with Crippen LogP contribution >= 0.6 is 11.8 Å². The number of hydrogen-bond donors (Lipinski definition) is 1. The number of aliphatic carboxylic acids is 1. The van der Waals surface area contributed by atoms with Gasteiger partial charge >= 0.3 is 5.97 Å². The predicted octanol–water partition coefficient (Wildman–Crippen LogP) is 1.06. The molecule has 17 heavy (non-hydrogen) atoms. The van der Waals surface area contributed by atoms with E-state index in [1.54, 1.807) is 17.8 Å². The van der Waals surface area contributed by atoms with Crippen molar-refractivity contribution in [3.8, 4) is 0 Å². The number of ether oxygens (including phenoxy) is 1. The number of fused-ring (bicyclic) bond motifs is 1. The molecule has 0 aromatic heterocycles. The van der Waals surface area contributed by atoms with Gasteiger partial charge in [0.25, 0.3) is 0 Å². The summed E-state index contributed by atoms with van der Waals surface area (Å²) in [6.07, 6.45) is 4.62. The van der Waals surface area contributed by atoms with Crippen LogP contribution in [0.25, 0.3) is 0 Å². The molecule has 2 saturated heterocycles. The lowest BCUT2D eigenvalue weighted by molar-refractivity contribution is -0.146. The molecule has 6 heteroatoms. The zero-order valence-corrected chi connectivity index (χ0v) is 10.2. The van der Waals surface area contributed by atoms with Crippen LogP contribution in [-0.4, -0.2) is 46.2 Å². The third-order valence-corrected chi connectivity index (χ3v) is 3.90. The lowest BCUT2D eigenvalue weighted by atomic mass is 10.1. The molecule has 0 aromatic rings. The second-order valence-corrected chi connectivity index (χ2v) is 5.18. The maximum absolute atomic E-state index is 11.0. The quantitative estimate of drug-likeness (QED) is 0.711. The first kappa shape index (κ1) is 12.4. The Kier molecular flexibility index (Phi) is 4.06. The van der Waals surface area contributed by atoms with E-state index in [4.69, 9.17) is 9.84 Å². The maximum atomic E-state index is 11.0. The van der Waals surface area contributed by atoms with Crippen molar-refractivity contribution in [3.05, 3.63) is 11.8 Å². The fourth-order valence-corrected chi connectivity index (χ4v) is 2.96. The van der Waals surface area contributed by atoms with Gasteiger partial charge in [0, 0.05) is 19.0 Å². The fourth-order valence-electron chi connectivity index (χ4n) is 1.85. The van der Waals surface area contributed by atoms with Crippen molar-refractivity contribution >= 4 is 23.6 Å². The summed E-state index contributed by atoms with van der Waals surface area (Å²) in [7, 11) is 0. The van der Waals surface area contributed by atoms with Crippen LogP contribution in [0.15, 0.2) is 11.8 Å². The Morgan fingerprint density at radius 1 is 1.47 bits per heavy atom. The van der Waals surface area contributed by atoms with Gasteiger partial charge in [0.05, 0.1) is 11.8 Å². The van der Waals surface area contributed by atoms with Gasteiger partial charge in [-0.25, -0.2) is 4.79 Å². The molecule has 0 saturated carbocycles. The summed E-state index contributed by atoms with van der Waals surface area (Å²) in [5.74, 6) is -0.398. The molecule has 0 unspecified atom stereocenters. The monoisotopic (exact) mass is 257 g/mol.